The molecule has 0 saturated carbocycles. The zero-order chi connectivity index (χ0) is 15.7. The molecular weight excluding hydrogens is 289 g/mol. The van der Waals surface area contributed by atoms with Gasteiger partial charge in [0.25, 0.3) is 5.91 Å². The molecule has 1 amide bonds. The number of hydrogen-bond donors (Lipinski definition) is 1. The van der Waals surface area contributed by atoms with Gasteiger partial charge in [-0.25, -0.2) is 13.6 Å². The van der Waals surface area contributed by atoms with Gasteiger partial charge in [-0.1, -0.05) is 0 Å². The highest BCUT2D eigenvalue weighted by molar-refractivity contribution is 6.04. The Morgan fingerprint density at radius 1 is 1.15 bits per heavy atom. The number of nitrogens with zero attached hydrogens (tertiary/aromatic N) is 1. The van der Waals surface area contributed by atoms with Crippen molar-refractivity contribution < 1.29 is 36.6 Å². The van der Waals surface area contributed by atoms with Crippen molar-refractivity contribution in [1.82, 2.24) is 4.90 Å². The van der Waals surface area contributed by atoms with E-state index in [1.807, 2.05) is 0 Å². The molecule has 0 atom stereocenters. The van der Waals surface area contributed by atoms with Crippen molar-refractivity contribution in [2.24, 2.45) is 0 Å². The summed E-state index contributed by atoms with van der Waals surface area (Å²) in [5.41, 5.74) is -1.77. The van der Waals surface area contributed by atoms with Gasteiger partial charge in [-0.2, -0.15) is 13.2 Å². The first-order chi connectivity index (χ1) is 9.03. The average molecular weight is 297 g/mol. The number of carboxylic acids is 1. The molecule has 0 unspecified atom stereocenters. The summed E-state index contributed by atoms with van der Waals surface area (Å²) in [6.07, 6.45) is -4.70. The molecule has 0 aliphatic rings. The van der Waals surface area contributed by atoms with E-state index in [0.717, 1.165) is 7.05 Å². The van der Waals surface area contributed by atoms with Crippen LogP contribution in [0.15, 0.2) is 12.1 Å². The van der Waals surface area contributed by atoms with Crippen LogP contribution in [0.3, 0.4) is 0 Å². The first kappa shape index (κ1) is 15.9. The normalized spacial score (nSPS) is 11.3. The topological polar surface area (TPSA) is 57.6 Å². The summed E-state index contributed by atoms with van der Waals surface area (Å²) >= 11 is 0. The number of halogens is 5. The fraction of sp³-hybridized carbons (Fsp3) is 0.273. The van der Waals surface area contributed by atoms with Gasteiger partial charge in [-0.15, -0.1) is 0 Å². The molecule has 9 heteroatoms. The van der Waals surface area contributed by atoms with Crippen molar-refractivity contribution in [3.8, 4) is 0 Å². The van der Waals surface area contributed by atoms with Crippen LogP contribution in [0.5, 0.6) is 0 Å². The summed E-state index contributed by atoms with van der Waals surface area (Å²) in [6.45, 7) is -1.65. The Bertz CT molecular complexity index is 556. The number of aromatic carboxylic acids is 1. The van der Waals surface area contributed by atoms with E-state index in [0.29, 0.717) is 0 Å². The van der Waals surface area contributed by atoms with Crippen LogP contribution in [-0.4, -0.2) is 41.7 Å². The number of benzene rings is 1. The lowest BCUT2D eigenvalue weighted by molar-refractivity contribution is -0.138. The second-order valence-corrected chi connectivity index (χ2v) is 3.89. The van der Waals surface area contributed by atoms with Crippen LogP contribution >= 0.6 is 0 Å². The molecule has 0 saturated heterocycles. The highest BCUT2D eigenvalue weighted by atomic mass is 19.4. The molecule has 20 heavy (non-hydrogen) atoms. The SMILES string of the molecule is CN(CC(F)(F)F)C(=O)c1cc(F)c(F)cc1C(=O)O. The smallest absolute Gasteiger partial charge is 0.406 e. The zero-order valence-electron chi connectivity index (χ0n) is 9.96. The predicted molar refractivity (Wildman–Crippen MR) is 56.3 cm³/mol. The van der Waals surface area contributed by atoms with E-state index in [1.54, 1.807) is 0 Å². The van der Waals surface area contributed by atoms with Gasteiger partial charge in [-0.05, 0) is 12.1 Å². The first-order valence-electron chi connectivity index (χ1n) is 5.07. The van der Waals surface area contributed by atoms with Gasteiger partial charge in [0, 0.05) is 7.05 Å². The van der Waals surface area contributed by atoms with E-state index in [2.05, 4.69) is 0 Å². The Kier molecular flexibility index (Phi) is 4.31. The fourth-order valence-electron chi connectivity index (χ4n) is 1.45. The molecule has 0 fully saturated rings. The molecule has 0 aromatic heterocycles. The molecule has 0 bridgehead atoms. The standard InChI is InChI=1S/C11H8F5NO3/c1-17(4-11(14,15)16)9(18)5-2-7(12)8(13)3-6(5)10(19)20/h2-3H,4H2,1H3,(H,19,20). The molecule has 0 aliphatic carbocycles. The second-order valence-electron chi connectivity index (χ2n) is 3.89. The van der Waals surface area contributed by atoms with E-state index >= 15 is 0 Å². The third kappa shape index (κ3) is 3.65. The maximum absolute atomic E-state index is 13.0. The summed E-state index contributed by atoms with van der Waals surface area (Å²) in [6, 6.07) is 0.500. The predicted octanol–water partition coefficient (Wildman–Crippen LogP) is 2.30. The highest BCUT2D eigenvalue weighted by Gasteiger charge is 2.33. The third-order valence-electron chi connectivity index (χ3n) is 2.28. The largest absolute Gasteiger partial charge is 0.478 e. The maximum atomic E-state index is 13.0. The van der Waals surface area contributed by atoms with Crippen LogP contribution in [0.25, 0.3) is 0 Å². The van der Waals surface area contributed by atoms with E-state index in [9.17, 15) is 31.5 Å². The summed E-state index contributed by atoms with van der Waals surface area (Å²) < 4.78 is 62.4. The van der Waals surface area contributed by atoms with Gasteiger partial charge in [0.05, 0.1) is 11.1 Å². The highest BCUT2D eigenvalue weighted by Crippen LogP contribution is 2.20. The average Bonchev–Trinajstić information content (AvgIpc) is 2.28. The van der Waals surface area contributed by atoms with Gasteiger partial charge in [0.1, 0.15) is 6.54 Å². The molecule has 1 rings (SSSR count). The number of alkyl halides is 3. The van der Waals surface area contributed by atoms with E-state index in [4.69, 9.17) is 5.11 Å². The third-order valence-corrected chi connectivity index (χ3v) is 2.28. The van der Waals surface area contributed by atoms with Gasteiger partial charge >= 0.3 is 12.1 Å². The minimum Gasteiger partial charge on any atom is -0.478 e. The van der Waals surface area contributed by atoms with Gasteiger partial charge in [0.2, 0.25) is 0 Å². The summed E-state index contributed by atoms with van der Waals surface area (Å²) in [5, 5.41) is 8.76. The number of carbonyl (C=O) groups excluding carboxylic acids is 1. The Morgan fingerprint density at radius 3 is 2.00 bits per heavy atom. The lowest BCUT2D eigenvalue weighted by Gasteiger charge is -2.19. The van der Waals surface area contributed by atoms with Crippen LogP contribution in [-0.2, 0) is 0 Å². The van der Waals surface area contributed by atoms with Crippen molar-refractivity contribution in [3.05, 3.63) is 34.9 Å². The van der Waals surface area contributed by atoms with Crippen molar-refractivity contribution in [1.29, 1.82) is 0 Å². The van der Waals surface area contributed by atoms with Crippen LogP contribution in [0.2, 0.25) is 0 Å². The van der Waals surface area contributed by atoms with Crippen LogP contribution < -0.4 is 0 Å². The fourth-order valence-corrected chi connectivity index (χ4v) is 1.45. The lowest BCUT2D eigenvalue weighted by atomic mass is 10.1. The van der Waals surface area contributed by atoms with Gasteiger partial charge < -0.3 is 10.0 Å². The summed E-state index contributed by atoms with van der Waals surface area (Å²) in [7, 11) is 0.767. The summed E-state index contributed by atoms with van der Waals surface area (Å²) in [4.78, 5) is 22.7. The van der Waals surface area contributed by atoms with E-state index < -0.39 is 47.4 Å². The molecule has 0 aliphatic heterocycles. The number of carboxylic acid groups (broad SMARTS) is 1. The molecule has 1 N–H and O–H groups in total. The Hall–Kier alpha value is -2.19. The number of hydrogen-bond acceptors (Lipinski definition) is 2. The van der Waals surface area contributed by atoms with Crippen molar-refractivity contribution in [2.45, 2.75) is 6.18 Å². The van der Waals surface area contributed by atoms with Crippen LogP contribution in [0.1, 0.15) is 20.7 Å². The Morgan fingerprint density at radius 2 is 1.60 bits per heavy atom. The van der Waals surface area contributed by atoms with Crippen LogP contribution in [0, 0.1) is 11.6 Å². The van der Waals surface area contributed by atoms with E-state index in [1.165, 1.54) is 0 Å². The van der Waals surface area contributed by atoms with Crippen molar-refractivity contribution >= 4 is 11.9 Å². The number of amides is 1. The second kappa shape index (κ2) is 5.43. The Labute approximate surface area is 109 Å². The molecular formula is C11H8F5NO3. The van der Waals surface area contributed by atoms with Crippen molar-refractivity contribution in [3.63, 3.8) is 0 Å². The molecule has 0 heterocycles. The molecule has 4 nitrogen and oxygen atoms in total. The zero-order valence-corrected chi connectivity index (χ0v) is 9.96. The first-order valence-corrected chi connectivity index (χ1v) is 5.07. The quantitative estimate of drug-likeness (QED) is 0.871. The molecule has 0 spiro atoms. The minimum absolute atomic E-state index is 0.166. The Balaban J connectivity index is 3.21. The van der Waals surface area contributed by atoms with Crippen LogP contribution in [0.4, 0.5) is 22.0 Å². The molecule has 1 aromatic carbocycles. The lowest BCUT2D eigenvalue weighted by Crippen LogP contribution is -2.36. The molecule has 1 aromatic rings. The molecule has 110 valence electrons. The van der Waals surface area contributed by atoms with Gasteiger partial charge in [0.15, 0.2) is 11.6 Å². The summed E-state index contributed by atoms with van der Waals surface area (Å²) in [5.74, 6) is -6.18. The van der Waals surface area contributed by atoms with Crippen molar-refractivity contribution in [2.75, 3.05) is 13.6 Å². The monoisotopic (exact) mass is 297 g/mol. The van der Waals surface area contributed by atoms with E-state index in [-0.39, 0.29) is 17.0 Å². The number of carbonyl (C=O) groups is 2. The number of rotatable bonds is 3. The van der Waals surface area contributed by atoms with Gasteiger partial charge in [-0.3, -0.25) is 4.79 Å². The minimum atomic E-state index is -4.70. The molecule has 0 radical (unpaired) electrons. The maximum Gasteiger partial charge on any atom is 0.406 e.